The number of hydrogen-bond acceptors (Lipinski definition) is 3. The molecular formula is C14H21N3O. The standard InChI is InChI=1S/C14H21N3O/c1-3-16-12-8-9-17(10-14(18)15-2)13-7-5-4-6-11(12)13/h4-7,12,16H,3,8-10H2,1-2H3,(H,15,18). The number of nitrogens with zero attached hydrogens (tertiary/aromatic N) is 1. The van der Waals surface area contributed by atoms with Crippen LogP contribution in [0.5, 0.6) is 0 Å². The number of anilines is 1. The normalized spacial score (nSPS) is 18.3. The Balaban J connectivity index is 2.22. The smallest absolute Gasteiger partial charge is 0.239 e. The van der Waals surface area contributed by atoms with E-state index in [2.05, 4.69) is 40.7 Å². The molecule has 0 saturated carbocycles. The highest BCUT2D eigenvalue weighted by molar-refractivity contribution is 5.81. The van der Waals surface area contributed by atoms with E-state index >= 15 is 0 Å². The van der Waals surface area contributed by atoms with E-state index in [0.29, 0.717) is 12.6 Å². The summed E-state index contributed by atoms with van der Waals surface area (Å²) < 4.78 is 0. The molecule has 0 bridgehead atoms. The van der Waals surface area contributed by atoms with Crippen LogP contribution in [0, 0.1) is 0 Å². The van der Waals surface area contributed by atoms with Gasteiger partial charge in [0.15, 0.2) is 0 Å². The summed E-state index contributed by atoms with van der Waals surface area (Å²) in [5.41, 5.74) is 2.48. The summed E-state index contributed by atoms with van der Waals surface area (Å²) in [5.74, 6) is 0.0618. The largest absolute Gasteiger partial charge is 0.362 e. The first kappa shape index (κ1) is 12.9. The van der Waals surface area contributed by atoms with Gasteiger partial charge in [0.05, 0.1) is 6.54 Å². The lowest BCUT2D eigenvalue weighted by Gasteiger charge is -2.35. The minimum absolute atomic E-state index is 0.0618. The van der Waals surface area contributed by atoms with Crippen molar-refractivity contribution in [1.82, 2.24) is 10.6 Å². The van der Waals surface area contributed by atoms with Crippen molar-refractivity contribution < 1.29 is 4.79 Å². The molecule has 4 nitrogen and oxygen atoms in total. The number of rotatable bonds is 4. The zero-order valence-electron chi connectivity index (χ0n) is 11.1. The van der Waals surface area contributed by atoms with Crippen LogP contribution in [0.3, 0.4) is 0 Å². The Morgan fingerprint density at radius 3 is 2.94 bits per heavy atom. The van der Waals surface area contributed by atoms with Gasteiger partial charge in [0.2, 0.25) is 5.91 Å². The zero-order chi connectivity index (χ0) is 13.0. The minimum atomic E-state index is 0.0618. The van der Waals surface area contributed by atoms with Crippen molar-refractivity contribution in [3.63, 3.8) is 0 Å². The molecular weight excluding hydrogens is 226 g/mol. The first-order chi connectivity index (χ1) is 8.76. The molecule has 2 N–H and O–H groups in total. The average Bonchev–Trinajstić information content (AvgIpc) is 2.41. The van der Waals surface area contributed by atoms with E-state index < -0.39 is 0 Å². The molecule has 2 rings (SSSR count). The molecule has 1 aliphatic heterocycles. The third-order valence-electron chi connectivity index (χ3n) is 3.40. The molecule has 0 fully saturated rings. The first-order valence-electron chi connectivity index (χ1n) is 6.54. The second-order valence-electron chi connectivity index (χ2n) is 4.55. The number of carbonyl (C=O) groups excluding carboxylic acids is 1. The molecule has 0 saturated heterocycles. The van der Waals surface area contributed by atoms with Gasteiger partial charge in [0.25, 0.3) is 0 Å². The molecule has 1 aromatic rings. The molecule has 18 heavy (non-hydrogen) atoms. The third kappa shape index (κ3) is 2.64. The van der Waals surface area contributed by atoms with Crippen LogP contribution in [0.1, 0.15) is 24.9 Å². The number of nitrogens with one attached hydrogen (secondary N) is 2. The molecule has 4 heteroatoms. The monoisotopic (exact) mass is 247 g/mol. The lowest BCUT2D eigenvalue weighted by atomic mass is 9.96. The second kappa shape index (κ2) is 5.87. The van der Waals surface area contributed by atoms with Crippen molar-refractivity contribution in [3.05, 3.63) is 29.8 Å². The average molecular weight is 247 g/mol. The fourth-order valence-electron chi connectivity index (χ4n) is 2.51. The zero-order valence-corrected chi connectivity index (χ0v) is 11.1. The van der Waals surface area contributed by atoms with E-state index in [1.165, 1.54) is 11.3 Å². The van der Waals surface area contributed by atoms with Crippen LogP contribution in [0.4, 0.5) is 5.69 Å². The Morgan fingerprint density at radius 2 is 2.22 bits per heavy atom. The highest BCUT2D eigenvalue weighted by Crippen LogP contribution is 2.33. The summed E-state index contributed by atoms with van der Waals surface area (Å²) in [6, 6.07) is 8.75. The fourth-order valence-corrected chi connectivity index (χ4v) is 2.51. The van der Waals surface area contributed by atoms with Gasteiger partial charge in [0, 0.05) is 25.3 Å². The van der Waals surface area contributed by atoms with Crippen molar-refractivity contribution in [1.29, 1.82) is 0 Å². The van der Waals surface area contributed by atoms with Crippen molar-refractivity contribution >= 4 is 11.6 Å². The third-order valence-corrected chi connectivity index (χ3v) is 3.40. The summed E-state index contributed by atoms with van der Waals surface area (Å²) in [5, 5.41) is 6.18. The maximum atomic E-state index is 11.5. The molecule has 1 unspecified atom stereocenters. The SMILES string of the molecule is CCNC1CCN(CC(=O)NC)c2ccccc21. The predicted molar refractivity (Wildman–Crippen MR) is 73.8 cm³/mol. The summed E-state index contributed by atoms with van der Waals surface area (Å²) in [4.78, 5) is 13.7. The Kier molecular flexibility index (Phi) is 4.20. The van der Waals surface area contributed by atoms with Crippen molar-refractivity contribution in [2.45, 2.75) is 19.4 Å². The molecule has 1 aliphatic rings. The van der Waals surface area contributed by atoms with Crippen LogP contribution in [-0.4, -0.2) is 32.6 Å². The van der Waals surface area contributed by atoms with Crippen LogP contribution in [-0.2, 0) is 4.79 Å². The number of amides is 1. The first-order valence-corrected chi connectivity index (χ1v) is 6.54. The molecule has 98 valence electrons. The van der Waals surface area contributed by atoms with E-state index in [4.69, 9.17) is 0 Å². The van der Waals surface area contributed by atoms with Gasteiger partial charge in [-0.15, -0.1) is 0 Å². The van der Waals surface area contributed by atoms with Gasteiger partial charge < -0.3 is 15.5 Å². The summed E-state index contributed by atoms with van der Waals surface area (Å²) in [6.07, 6.45) is 1.04. The minimum Gasteiger partial charge on any atom is -0.362 e. The van der Waals surface area contributed by atoms with Gasteiger partial charge in [-0.25, -0.2) is 0 Å². The van der Waals surface area contributed by atoms with Gasteiger partial charge in [-0.05, 0) is 24.6 Å². The molecule has 1 atom stereocenters. The van der Waals surface area contributed by atoms with E-state index in [-0.39, 0.29) is 5.91 Å². The lowest BCUT2D eigenvalue weighted by Crippen LogP contribution is -2.41. The van der Waals surface area contributed by atoms with Gasteiger partial charge in [-0.2, -0.15) is 0 Å². The second-order valence-corrected chi connectivity index (χ2v) is 4.55. The van der Waals surface area contributed by atoms with Gasteiger partial charge in [-0.3, -0.25) is 4.79 Å². The number of carbonyl (C=O) groups is 1. The van der Waals surface area contributed by atoms with Crippen LogP contribution in [0.15, 0.2) is 24.3 Å². The summed E-state index contributed by atoms with van der Waals surface area (Å²) >= 11 is 0. The molecule has 0 aliphatic carbocycles. The topological polar surface area (TPSA) is 44.4 Å². The number of likely N-dealkylation sites (N-methyl/N-ethyl adjacent to an activating group) is 1. The molecule has 1 heterocycles. The molecule has 0 aromatic heterocycles. The summed E-state index contributed by atoms with van der Waals surface area (Å²) in [7, 11) is 1.68. The molecule has 1 amide bonds. The van der Waals surface area contributed by atoms with Crippen molar-refractivity contribution in [3.8, 4) is 0 Å². The van der Waals surface area contributed by atoms with Gasteiger partial charge in [0.1, 0.15) is 0 Å². The Morgan fingerprint density at radius 1 is 1.44 bits per heavy atom. The van der Waals surface area contributed by atoms with Crippen LogP contribution in [0.2, 0.25) is 0 Å². The highest BCUT2D eigenvalue weighted by atomic mass is 16.1. The Hall–Kier alpha value is -1.55. The number of fused-ring (bicyclic) bond motifs is 1. The van der Waals surface area contributed by atoms with Gasteiger partial charge in [-0.1, -0.05) is 25.1 Å². The van der Waals surface area contributed by atoms with Crippen LogP contribution in [0.25, 0.3) is 0 Å². The van der Waals surface area contributed by atoms with E-state index in [1.807, 2.05) is 6.07 Å². The van der Waals surface area contributed by atoms with Crippen molar-refractivity contribution in [2.75, 3.05) is 31.6 Å². The fraction of sp³-hybridized carbons (Fsp3) is 0.500. The lowest BCUT2D eigenvalue weighted by molar-refractivity contribution is -0.119. The van der Waals surface area contributed by atoms with Crippen LogP contribution < -0.4 is 15.5 Å². The molecule has 1 aromatic carbocycles. The molecule has 0 radical (unpaired) electrons. The van der Waals surface area contributed by atoms with E-state index in [9.17, 15) is 4.79 Å². The maximum absolute atomic E-state index is 11.5. The van der Waals surface area contributed by atoms with E-state index in [1.54, 1.807) is 7.05 Å². The Bertz CT molecular complexity index is 419. The molecule has 0 spiro atoms. The van der Waals surface area contributed by atoms with Crippen molar-refractivity contribution in [2.24, 2.45) is 0 Å². The van der Waals surface area contributed by atoms with Crippen LogP contribution >= 0.6 is 0 Å². The van der Waals surface area contributed by atoms with Gasteiger partial charge >= 0.3 is 0 Å². The maximum Gasteiger partial charge on any atom is 0.239 e. The number of hydrogen-bond donors (Lipinski definition) is 2. The highest BCUT2D eigenvalue weighted by Gasteiger charge is 2.24. The number of benzene rings is 1. The predicted octanol–water partition coefficient (Wildman–Crippen LogP) is 1.29. The quantitative estimate of drug-likeness (QED) is 0.843. The Labute approximate surface area is 108 Å². The number of para-hydroxylation sites is 1. The summed E-state index contributed by atoms with van der Waals surface area (Å²) in [6.45, 7) is 4.45. The van der Waals surface area contributed by atoms with E-state index in [0.717, 1.165) is 19.5 Å².